The minimum absolute atomic E-state index is 0.341. The molecule has 1 aliphatic rings. The molecule has 3 aromatic rings. The van der Waals surface area contributed by atoms with Gasteiger partial charge in [-0.25, -0.2) is 4.79 Å². The molecule has 0 bridgehead atoms. The molecule has 2 aromatic carbocycles. The molecule has 0 spiro atoms. The molecule has 5 nitrogen and oxygen atoms in total. The van der Waals surface area contributed by atoms with E-state index in [1.807, 2.05) is 43.3 Å². The molecule has 0 N–H and O–H groups in total. The number of pyridine rings is 1. The van der Waals surface area contributed by atoms with Gasteiger partial charge in [0, 0.05) is 55.9 Å². The molecule has 5 heteroatoms. The van der Waals surface area contributed by atoms with Gasteiger partial charge in [0.15, 0.2) is 0 Å². The highest BCUT2D eigenvalue weighted by Crippen LogP contribution is 2.47. The third kappa shape index (κ3) is 3.34. The number of ether oxygens (including phenoxy) is 1. The molecule has 1 atom stereocenters. The number of nitrogens with zero attached hydrogens (tertiary/aromatic N) is 3. The second-order valence-electron chi connectivity index (χ2n) is 8.08. The van der Waals surface area contributed by atoms with Crippen LogP contribution >= 0.6 is 0 Å². The van der Waals surface area contributed by atoms with Crippen LogP contribution in [0.2, 0.25) is 0 Å². The van der Waals surface area contributed by atoms with Crippen LogP contribution in [0, 0.1) is 6.92 Å². The van der Waals surface area contributed by atoms with Crippen molar-refractivity contribution in [1.82, 2.24) is 4.98 Å². The number of fused-ring (bicyclic) bond motifs is 1. The van der Waals surface area contributed by atoms with Crippen LogP contribution in [0.5, 0.6) is 0 Å². The number of aryl methyl sites for hydroxylation is 1. The first-order chi connectivity index (χ1) is 14.9. The number of hydrogen-bond donors (Lipinski definition) is 0. The molecule has 160 valence electrons. The highest BCUT2D eigenvalue weighted by atomic mass is 16.6. The molecule has 0 saturated carbocycles. The smallest absolute Gasteiger partial charge is 0.341 e. The third-order valence-electron chi connectivity index (χ3n) is 6.11. The van der Waals surface area contributed by atoms with E-state index in [9.17, 15) is 4.79 Å². The Morgan fingerprint density at radius 1 is 0.968 bits per heavy atom. The Hall–Kier alpha value is -3.34. The van der Waals surface area contributed by atoms with Crippen LogP contribution in [0.25, 0.3) is 0 Å². The quantitative estimate of drug-likeness (QED) is 0.543. The van der Waals surface area contributed by atoms with Gasteiger partial charge in [-0.05, 0) is 62.7 Å². The Morgan fingerprint density at radius 2 is 1.65 bits per heavy atom. The van der Waals surface area contributed by atoms with Crippen molar-refractivity contribution in [3.63, 3.8) is 0 Å². The molecule has 1 unspecified atom stereocenters. The predicted molar refractivity (Wildman–Crippen MR) is 125 cm³/mol. The summed E-state index contributed by atoms with van der Waals surface area (Å²) in [6.45, 7) is 8.25. The van der Waals surface area contributed by atoms with Gasteiger partial charge in [0.05, 0.1) is 5.56 Å². The van der Waals surface area contributed by atoms with Crippen LogP contribution in [-0.4, -0.2) is 38.1 Å². The molecular formula is C26H29N3O2. The normalized spacial score (nSPS) is 17.3. The Kier molecular flexibility index (Phi) is 5.44. The number of carbonyl (C=O) groups excluding carboxylic acids is 1. The van der Waals surface area contributed by atoms with Crippen molar-refractivity contribution >= 4 is 17.3 Å². The van der Waals surface area contributed by atoms with Crippen LogP contribution in [0.15, 0.2) is 60.8 Å². The van der Waals surface area contributed by atoms with Crippen molar-refractivity contribution in [2.75, 3.05) is 37.0 Å². The first kappa shape index (κ1) is 20.9. The van der Waals surface area contributed by atoms with Crippen LogP contribution in [0.3, 0.4) is 0 Å². The van der Waals surface area contributed by atoms with Crippen LogP contribution in [0.4, 0.5) is 11.4 Å². The summed E-state index contributed by atoms with van der Waals surface area (Å²) < 4.78 is 6.20. The van der Waals surface area contributed by atoms with Crippen LogP contribution in [-0.2, 0) is 10.3 Å². The second-order valence-corrected chi connectivity index (χ2v) is 8.08. The van der Waals surface area contributed by atoms with Crippen molar-refractivity contribution in [2.45, 2.75) is 26.4 Å². The lowest BCUT2D eigenvalue weighted by atomic mass is 9.80. The molecule has 1 aliphatic heterocycles. The van der Waals surface area contributed by atoms with Crippen molar-refractivity contribution in [1.29, 1.82) is 0 Å². The minimum atomic E-state index is -1.07. The van der Waals surface area contributed by atoms with Crippen molar-refractivity contribution < 1.29 is 9.53 Å². The van der Waals surface area contributed by atoms with E-state index in [4.69, 9.17) is 4.74 Å². The molecule has 0 radical (unpaired) electrons. The maximum Gasteiger partial charge on any atom is 0.341 e. The third-order valence-corrected chi connectivity index (χ3v) is 6.11. The van der Waals surface area contributed by atoms with Gasteiger partial charge in [-0.1, -0.05) is 18.2 Å². The van der Waals surface area contributed by atoms with E-state index in [2.05, 4.69) is 48.9 Å². The highest BCUT2D eigenvalue weighted by Gasteiger charge is 2.50. The zero-order chi connectivity index (χ0) is 22.2. The van der Waals surface area contributed by atoms with Gasteiger partial charge in [-0.15, -0.1) is 0 Å². The van der Waals surface area contributed by atoms with Crippen LogP contribution < -0.4 is 9.80 Å². The molecule has 4 rings (SSSR count). The molecule has 0 saturated heterocycles. The minimum Gasteiger partial charge on any atom is -0.439 e. The molecule has 1 aromatic heterocycles. The van der Waals surface area contributed by atoms with Crippen molar-refractivity contribution in [3.8, 4) is 0 Å². The van der Waals surface area contributed by atoms with E-state index in [-0.39, 0.29) is 5.97 Å². The zero-order valence-corrected chi connectivity index (χ0v) is 18.8. The number of cyclic esters (lactones) is 1. The van der Waals surface area contributed by atoms with E-state index in [1.165, 1.54) is 0 Å². The summed E-state index contributed by atoms with van der Waals surface area (Å²) in [7, 11) is 4.01. The Labute approximate surface area is 184 Å². The Bertz CT molecular complexity index is 1100. The van der Waals surface area contributed by atoms with Gasteiger partial charge in [-0.2, -0.15) is 0 Å². The number of esters is 1. The van der Waals surface area contributed by atoms with E-state index < -0.39 is 5.60 Å². The summed E-state index contributed by atoms with van der Waals surface area (Å²) in [4.78, 5) is 21.9. The number of carbonyl (C=O) groups is 1. The number of benzene rings is 2. The Balaban J connectivity index is 1.94. The van der Waals surface area contributed by atoms with Gasteiger partial charge in [0.25, 0.3) is 0 Å². The molecule has 0 aliphatic carbocycles. The summed E-state index contributed by atoms with van der Waals surface area (Å²) >= 11 is 0. The van der Waals surface area contributed by atoms with E-state index >= 15 is 0 Å². The monoisotopic (exact) mass is 415 g/mol. The molecule has 31 heavy (non-hydrogen) atoms. The SMILES string of the molecule is CCN(CC)c1ccc(C2(c3ccc(N(C)C)cc3)OC(=O)c3cccnc32)c(C)c1. The summed E-state index contributed by atoms with van der Waals surface area (Å²) in [5.74, 6) is -0.341. The van der Waals surface area contributed by atoms with E-state index in [1.54, 1.807) is 18.3 Å². The fourth-order valence-corrected chi connectivity index (χ4v) is 4.45. The van der Waals surface area contributed by atoms with Gasteiger partial charge in [0.1, 0.15) is 5.69 Å². The number of anilines is 2. The lowest BCUT2D eigenvalue weighted by Crippen LogP contribution is -2.31. The largest absolute Gasteiger partial charge is 0.439 e. The average Bonchev–Trinajstić information content (AvgIpc) is 3.08. The van der Waals surface area contributed by atoms with Crippen LogP contribution in [0.1, 0.15) is 46.6 Å². The number of hydrogen-bond acceptors (Lipinski definition) is 5. The zero-order valence-electron chi connectivity index (χ0n) is 18.8. The van der Waals surface area contributed by atoms with E-state index in [0.717, 1.165) is 41.2 Å². The molecule has 0 fully saturated rings. The maximum atomic E-state index is 12.9. The number of aromatic nitrogens is 1. The van der Waals surface area contributed by atoms with Crippen molar-refractivity contribution in [2.24, 2.45) is 0 Å². The van der Waals surface area contributed by atoms with E-state index in [0.29, 0.717) is 11.3 Å². The van der Waals surface area contributed by atoms with Crippen molar-refractivity contribution in [3.05, 3.63) is 88.7 Å². The topological polar surface area (TPSA) is 45.7 Å². The standard InChI is InChI=1S/C26H29N3O2/c1-6-29(7-2)21-14-15-23(18(3)17-21)26(19-10-12-20(13-11-19)28(4)5)24-22(25(30)31-26)9-8-16-27-24/h8-17H,6-7H2,1-5H3. The summed E-state index contributed by atoms with van der Waals surface area (Å²) in [6.07, 6.45) is 1.73. The van der Waals surface area contributed by atoms with Gasteiger partial charge in [0.2, 0.25) is 5.60 Å². The second kappa shape index (κ2) is 8.06. The van der Waals surface area contributed by atoms with Gasteiger partial charge in [-0.3, -0.25) is 4.98 Å². The maximum absolute atomic E-state index is 12.9. The fraction of sp³-hybridized carbons (Fsp3) is 0.308. The summed E-state index contributed by atoms with van der Waals surface area (Å²) in [5, 5.41) is 0. The first-order valence-electron chi connectivity index (χ1n) is 10.7. The molecule has 0 amide bonds. The average molecular weight is 416 g/mol. The highest BCUT2D eigenvalue weighted by molar-refractivity contribution is 5.95. The summed E-state index contributed by atoms with van der Waals surface area (Å²) in [6, 6.07) is 18.1. The lowest BCUT2D eigenvalue weighted by molar-refractivity contribution is 0.0242. The number of rotatable bonds is 6. The predicted octanol–water partition coefficient (Wildman–Crippen LogP) is 4.76. The molecule has 2 heterocycles. The van der Waals surface area contributed by atoms with Gasteiger partial charge < -0.3 is 14.5 Å². The Morgan fingerprint density at radius 3 is 2.26 bits per heavy atom. The summed E-state index contributed by atoms with van der Waals surface area (Å²) in [5.41, 5.74) is 5.24. The lowest BCUT2D eigenvalue weighted by Gasteiger charge is -2.32. The molecular weight excluding hydrogens is 386 g/mol. The fourth-order valence-electron chi connectivity index (χ4n) is 4.45. The first-order valence-corrected chi connectivity index (χ1v) is 10.7. The van der Waals surface area contributed by atoms with Gasteiger partial charge >= 0.3 is 5.97 Å².